The topological polar surface area (TPSA) is 48.7 Å². The van der Waals surface area contributed by atoms with Crippen molar-refractivity contribution in [2.45, 2.75) is 78.2 Å². The maximum atomic E-state index is 5.25. The van der Waals surface area contributed by atoms with Crippen molar-refractivity contribution in [3.05, 3.63) is 76.8 Å². The van der Waals surface area contributed by atoms with E-state index in [2.05, 4.69) is 84.9 Å². The highest BCUT2D eigenvalue weighted by Crippen LogP contribution is 2.38. The first-order valence-electron chi connectivity index (χ1n) is 14.4. The molecule has 0 spiro atoms. The number of nitrogens with zero attached hydrogens (tertiary/aromatic N) is 5. The molecule has 202 valence electrons. The largest absolute Gasteiger partial charge is 0.387 e. The summed E-state index contributed by atoms with van der Waals surface area (Å²) in [6.45, 7) is 18.3. The van der Waals surface area contributed by atoms with E-state index in [1.165, 1.54) is 40.8 Å². The Morgan fingerprint density at radius 1 is 1.08 bits per heavy atom. The molecule has 3 aromatic rings. The first kappa shape index (κ1) is 26.3. The maximum Gasteiger partial charge on any atom is 0.157 e. The number of unbranched alkanes of at least 4 members (excludes halogenated alkanes) is 1. The van der Waals surface area contributed by atoms with Gasteiger partial charge in [-0.3, -0.25) is 0 Å². The summed E-state index contributed by atoms with van der Waals surface area (Å²) in [5.41, 5.74) is 10.5. The molecule has 4 heterocycles. The maximum absolute atomic E-state index is 5.25. The van der Waals surface area contributed by atoms with Gasteiger partial charge in [-0.2, -0.15) is 9.61 Å². The van der Waals surface area contributed by atoms with Crippen LogP contribution in [0.3, 0.4) is 0 Å². The number of allylic oxidation sites excluding steroid dienone is 1. The van der Waals surface area contributed by atoms with Crippen LogP contribution in [0.2, 0.25) is 0 Å². The van der Waals surface area contributed by atoms with Crippen molar-refractivity contribution in [2.75, 3.05) is 31.6 Å². The minimum atomic E-state index is 0.202. The molecule has 0 saturated carbocycles. The highest BCUT2D eigenvalue weighted by Gasteiger charge is 2.30. The molecule has 38 heavy (non-hydrogen) atoms. The summed E-state index contributed by atoms with van der Waals surface area (Å²) in [5, 5.41) is 8.84. The van der Waals surface area contributed by atoms with Gasteiger partial charge < -0.3 is 15.1 Å². The van der Waals surface area contributed by atoms with E-state index in [4.69, 9.17) is 10.1 Å². The van der Waals surface area contributed by atoms with Crippen molar-refractivity contribution in [1.29, 1.82) is 0 Å². The van der Waals surface area contributed by atoms with Crippen LogP contribution in [-0.2, 0) is 12.8 Å². The smallest absolute Gasteiger partial charge is 0.157 e. The third kappa shape index (κ3) is 5.18. The number of anilines is 1. The Hall–Kier alpha value is -3.28. The molecule has 2 bridgehead atoms. The number of aryl methyl sites for hydroxylation is 3. The number of fused-ring (bicyclic) bond motifs is 4. The second-order valence-corrected chi connectivity index (χ2v) is 11.2. The Kier molecular flexibility index (Phi) is 7.78. The van der Waals surface area contributed by atoms with Crippen LogP contribution in [0, 0.1) is 13.8 Å². The van der Waals surface area contributed by atoms with E-state index in [1.54, 1.807) is 0 Å². The Labute approximate surface area is 228 Å². The third-order valence-corrected chi connectivity index (χ3v) is 8.34. The number of hydrogen-bond acceptors (Lipinski definition) is 5. The second-order valence-electron chi connectivity index (χ2n) is 11.2. The Bertz CT molecular complexity index is 1340. The zero-order chi connectivity index (χ0) is 26.8. The molecule has 6 nitrogen and oxygen atoms in total. The molecule has 5 rings (SSSR count). The first-order valence-corrected chi connectivity index (χ1v) is 14.4. The molecule has 1 fully saturated rings. The average molecular weight is 513 g/mol. The predicted octanol–water partition coefficient (Wildman–Crippen LogP) is 6.37. The lowest BCUT2D eigenvalue weighted by atomic mass is 9.93. The summed E-state index contributed by atoms with van der Waals surface area (Å²) < 4.78 is 2.09. The lowest BCUT2D eigenvalue weighted by molar-refractivity contribution is 0.226. The van der Waals surface area contributed by atoms with Gasteiger partial charge >= 0.3 is 0 Å². The lowest BCUT2D eigenvalue weighted by Crippen LogP contribution is -2.33. The average Bonchev–Trinajstić information content (AvgIpc) is 3.33. The molecule has 1 saturated heterocycles. The number of hydrogen-bond donors (Lipinski definition) is 1. The van der Waals surface area contributed by atoms with Crippen LogP contribution < -0.4 is 10.2 Å². The van der Waals surface area contributed by atoms with Gasteiger partial charge in [0, 0.05) is 61.0 Å². The Morgan fingerprint density at radius 3 is 2.74 bits per heavy atom. The van der Waals surface area contributed by atoms with E-state index in [0.29, 0.717) is 0 Å². The quantitative estimate of drug-likeness (QED) is 0.442. The van der Waals surface area contributed by atoms with E-state index in [0.717, 1.165) is 86.7 Å². The van der Waals surface area contributed by atoms with Gasteiger partial charge in [-0.15, -0.1) is 0 Å². The summed E-state index contributed by atoms with van der Waals surface area (Å²) in [6.07, 6.45) is 8.63. The van der Waals surface area contributed by atoms with Crippen molar-refractivity contribution >= 4 is 17.2 Å². The van der Waals surface area contributed by atoms with Gasteiger partial charge in [-0.05, 0) is 70.4 Å². The first-order chi connectivity index (χ1) is 18.4. The zero-order valence-electron chi connectivity index (χ0n) is 23.8. The molecular formula is C32H44N6. The number of nitrogens with one attached hydrogen (secondary N) is 1. The van der Waals surface area contributed by atoms with Gasteiger partial charge in [0.25, 0.3) is 0 Å². The van der Waals surface area contributed by atoms with E-state index in [-0.39, 0.29) is 6.04 Å². The molecule has 0 radical (unpaired) electrons. The van der Waals surface area contributed by atoms with E-state index >= 15 is 0 Å². The van der Waals surface area contributed by atoms with Gasteiger partial charge in [-0.25, -0.2) is 4.98 Å². The lowest BCUT2D eigenvalue weighted by Gasteiger charge is -2.38. The molecule has 2 aliphatic rings. The van der Waals surface area contributed by atoms with Crippen LogP contribution in [0.25, 0.3) is 11.3 Å². The minimum absolute atomic E-state index is 0.202. The van der Waals surface area contributed by atoms with E-state index in [1.807, 2.05) is 0 Å². The van der Waals surface area contributed by atoms with Gasteiger partial charge in [0.15, 0.2) is 5.65 Å². The van der Waals surface area contributed by atoms with Crippen molar-refractivity contribution < 1.29 is 0 Å². The van der Waals surface area contributed by atoms with Crippen LogP contribution >= 0.6 is 0 Å². The van der Waals surface area contributed by atoms with Crippen LogP contribution in [0.15, 0.2) is 43.1 Å². The van der Waals surface area contributed by atoms with Crippen LogP contribution in [-0.4, -0.2) is 46.2 Å². The fourth-order valence-electron chi connectivity index (χ4n) is 6.11. The van der Waals surface area contributed by atoms with Crippen molar-refractivity contribution in [1.82, 2.24) is 24.8 Å². The molecule has 1 atom stereocenters. The van der Waals surface area contributed by atoms with Crippen LogP contribution in [0.5, 0.6) is 0 Å². The zero-order valence-corrected chi connectivity index (χ0v) is 23.8. The summed E-state index contributed by atoms with van der Waals surface area (Å²) in [6, 6.07) is 9.24. The molecule has 0 aliphatic carbocycles. The van der Waals surface area contributed by atoms with Crippen LogP contribution in [0.4, 0.5) is 5.82 Å². The third-order valence-electron chi connectivity index (χ3n) is 8.34. The summed E-state index contributed by atoms with van der Waals surface area (Å²) in [7, 11) is 2.17. The van der Waals surface area contributed by atoms with E-state index < -0.39 is 0 Å². The fourth-order valence-corrected chi connectivity index (χ4v) is 6.11. The summed E-state index contributed by atoms with van der Waals surface area (Å²) >= 11 is 0. The Balaban J connectivity index is 1.65. The number of likely N-dealkylation sites (N-methyl/N-ethyl adjacent to an activating group) is 1. The molecule has 6 heteroatoms. The number of aromatic nitrogens is 3. The molecule has 2 aromatic heterocycles. The number of piperidine rings is 1. The number of benzene rings is 1. The molecule has 0 amide bonds. The van der Waals surface area contributed by atoms with Gasteiger partial charge in [0.2, 0.25) is 0 Å². The minimum Gasteiger partial charge on any atom is -0.387 e. The SMILES string of the molecule is C=C1CCc2ccc(C)cc2C(=C)N2CCCCC2c2cc3nc(CCCC)c(C)c(n3n2)N(C)CCN1. The highest BCUT2D eigenvalue weighted by molar-refractivity contribution is 5.67. The molecule has 1 aromatic carbocycles. The normalized spacial score (nSPS) is 19.0. The monoisotopic (exact) mass is 512 g/mol. The summed E-state index contributed by atoms with van der Waals surface area (Å²) in [4.78, 5) is 9.99. The standard InChI is InChI=1S/C32H44N6/c1-7-8-11-28-24(4)32-36(6)19-17-33-23(3)14-16-26-15-13-22(2)20-27(26)25(5)37-18-10-9-12-30(37)29-21-31(34-28)38(32)35-29/h13,15,20-21,30,33H,3,5,7-12,14,16-19H2,1-2,4,6H3. The predicted molar refractivity (Wildman–Crippen MR) is 159 cm³/mol. The fraction of sp³-hybridized carbons (Fsp3) is 0.500. The molecular weight excluding hydrogens is 468 g/mol. The highest BCUT2D eigenvalue weighted by atomic mass is 15.4. The van der Waals surface area contributed by atoms with Gasteiger partial charge in [0.05, 0.1) is 11.7 Å². The van der Waals surface area contributed by atoms with Crippen molar-refractivity contribution in [3.8, 4) is 0 Å². The number of rotatable bonds is 3. The second kappa shape index (κ2) is 11.2. The Morgan fingerprint density at radius 2 is 1.92 bits per heavy atom. The van der Waals surface area contributed by atoms with E-state index in [9.17, 15) is 0 Å². The van der Waals surface area contributed by atoms with Crippen molar-refractivity contribution in [3.63, 3.8) is 0 Å². The molecule has 1 N–H and O–H groups in total. The van der Waals surface area contributed by atoms with Crippen LogP contribution in [0.1, 0.15) is 85.1 Å². The molecule has 2 aliphatic heterocycles. The van der Waals surface area contributed by atoms with Crippen molar-refractivity contribution in [2.24, 2.45) is 0 Å². The summed E-state index contributed by atoms with van der Waals surface area (Å²) in [5.74, 6) is 1.15. The van der Waals surface area contributed by atoms with Gasteiger partial charge in [0.1, 0.15) is 5.82 Å². The molecule has 1 unspecified atom stereocenters. The van der Waals surface area contributed by atoms with Gasteiger partial charge in [-0.1, -0.05) is 44.2 Å².